The van der Waals surface area contributed by atoms with E-state index in [1.54, 1.807) is 41.2 Å². The van der Waals surface area contributed by atoms with Gasteiger partial charge in [0, 0.05) is 54.5 Å². The fourth-order valence-electron chi connectivity index (χ4n) is 4.52. The highest BCUT2D eigenvalue weighted by Crippen LogP contribution is 2.27. The molecule has 2 heterocycles. The van der Waals surface area contributed by atoms with Gasteiger partial charge in [0.15, 0.2) is 5.82 Å². The van der Waals surface area contributed by atoms with Gasteiger partial charge in [-0.15, -0.1) is 10.2 Å². The number of aromatic nitrogens is 4. The smallest absolute Gasteiger partial charge is 0.250 e. The van der Waals surface area contributed by atoms with Crippen LogP contribution < -0.4 is 16.2 Å². The van der Waals surface area contributed by atoms with Crippen molar-refractivity contribution in [3.63, 3.8) is 0 Å². The van der Waals surface area contributed by atoms with E-state index in [1.165, 1.54) is 0 Å². The first-order chi connectivity index (χ1) is 19.5. The Bertz CT molecular complexity index is 1590. The molecule has 9 nitrogen and oxygen atoms in total. The van der Waals surface area contributed by atoms with Gasteiger partial charge in [0.2, 0.25) is 11.8 Å². The number of aryl methyl sites for hydroxylation is 1. The first-order valence-electron chi connectivity index (χ1n) is 13.6. The minimum Gasteiger partial charge on any atom is -0.344 e. The molecule has 0 bridgehead atoms. The summed E-state index contributed by atoms with van der Waals surface area (Å²) in [5.74, 6) is 0.271. The van der Waals surface area contributed by atoms with E-state index in [4.69, 9.17) is 11.6 Å². The fourth-order valence-corrected chi connectivity index (χ4v) is 4.71. The van der Waals surface area contributed by atoms with Gasteiger partial charge in [-0.1, -0.05) is 31.5 Å². The van der Waals surface area contributed by atoms with Gasteiger partial charge in [-0.05, 0) is 78.9 Å². The molecule has 0 fully saturated rings. The average Bonchev–Trinajstić information content (AvgIpc) is 3.35. The van der Waals surface area contributed by atoms with Gasteiger partial charge in [-0.3, -0.25) is 14.4 Å². The van der Waals surface area contributed by atoms with Gasteiger partial charge in [0.25, 0.3) is 5.56 Å². The van der Waals surface area contributed by atoms with Crippen LogP contribution in [0.1, 0.15) is 45.7 Å². The molecule has 0 saturated heterocycles. The molecule has 1 unspecified atom stereocenters. The normalized spacial score (nSPS) is 12.0. The molecule has 10 heteroatoms. The summed E-state index contributed by atoms with van der Waals surface area (Å²) in [5.41, 5.74) is 3.77. The number of halogens is 1. The molecule has 2 aromatic heterocycles. The van der Waals surface area contributed by atoms with Gasteiger partial charge in [-0.25, -0.2) is 0 Å². The zero-order chi connectivity index (χ0) is 29.7. The van der Waals surface area contributed by atoms with Gasteiger partial charge in [-0.2, -0.15) is 0 Å². The molecule has 4 rings (SSSR count). The predicted octanol–water partition coefficient (Wildman–Crippen LogP) is 5.26. The number of nitrogens with zero attached hydrogens (tertiary/aromatic N) is 4. The molecule has 4 aromatic rings. The molecule has 0 aliphatic carbocycles. The zero-order valence-corrected chi connectivity index (χ0v) is 24.6. The summed E-state index contributed by atoms with van der Waals surface area (Å²) >= 11 is 6.59. The highest BCUT2D eigenvalue weighted by atomic mass is 35.5. The van der Waals surface area contributed by atoms with Gasteiger partial charge >= 0.3 is 0 Å². The molecule has 2 aromatic carbocycles. The maximum Gasteiger partial charge on any atom is 0.250 e. The Morgan fingerprint density at radius 2 is 1.63 bits per heavy atom. The Hall–Kier alpha value is -4.24. The molecule has 0 spiro atoms. The molecule has 214 valence electrons. The van der Waals surface area contributed by atoms with Crippen molar-refractivity contribution >= 4 is 29.1 Å². The van der Waals surface area contributed by atoms with Gasteiger partial charge in [0.05, 0.1) is 0 Å². The lowest BCUT2D eigenvalue weighted by Crippen LogP contribution is -2.45. The maximum absolute atomic E-state index is 13.5. The van der Waals surface area contributed by atoms with Crippen LogP contribution in [0, 0.1) is 5.92 Å². The molecule has 2 amide bonds. The molecule has 41 heavy (non-hydrogen) atoms. The summed E-state index contributed by atoms with van der Waals surface area (Å²) in [6.45, 7) is 7.80. The van der Waals surface area contributed by atoms with Crippen LogP contribution in [0.3, 0.4) is 0 Å². The Balaban J connectivity index is 1.59. The standard InChI is InChI=1S/C31H35ClN6O3/c1-19(2)14-28(39)35-27(31(41)34-25-10-6-21(7-11-25)30-36-33-18-37(30)5)16-24-15-22(8-12-26(24)32)23-9-13-29(40)38(17-23)20(3)4/h6-13,15,17-20,27H,14,16H2,1-5H3,(H,34,41)(H,35,39). The molecule has 0 saturated carbocycles. The topological polar surface area (TPSA) is 111 Å². The third kappa shape index (κ3) is 7.49. The predicted molar refractivity (Wildman–Crippen MR) is 162 cm³/mol. The average molecular weight is 575 g/mol. The van der Waals surface area contributed by atoms with Crippen molar-refractivity contribution in [2.75, 3.05) is 5.32 Å². The number of hydrogen-bond donors (Lipinski definition) is 2. The van der Waals surface area contributed by atoms with Crippen LogP contribution in [0.15, 0.2) is 71.9 Å². The quantitative estimate of drug-likeness (QED) is 0.268. The third-order valence-electron chi connectivity index (χ3n) is 6.66. The Labute approximate surface area is 244 Å². The Morgan fingerprint density at radius 3 is 2.27 bits per heavy atom. The van der Waals surface area contributed by atoms with Crippen molar-refractivity contribution in [3.8, 4) is 22.5 Å². The van der Waals surface area contributed by atoms with Crippen LogP contribution >= 0.6 is 11.6 Å². The monoisotopic (exact) mass is 574 g/mol. The lowest BCUT2D eigenvalue weighted by molar-refractivity contribution is -0.127. The summed E-state index contributed by atoms with van der Waals surface area (Å²) in [4.78, 5) is 38.5. The van der Waals surface area contributed by atoms with Crippen molar-refractivity contribution in [2.45, 2.75) is 52.6 Å². The number of rotatable bonds is 10. The lowest BCUT2D eigenvalue weighted by Gasteiger charge is -2.20. The number of carbonyl (C=O) groups excluding carboxylic acids is 2. The first kappa shape index (κ1) is 29.7. The number of benzene rings is 2. The van der Waals surface area contributed by atoms with E-state index in [1.807, 2.05) is 69.8 Å². The van der Waals surface area contributed by atoms with Crippen LogP contribution in [0.4, 0.5) is 5.69 Å². The second kappa shape index (κ2) is 13.0. The number of nitrogens with one attached hydrogen (secondary N) is 2. The molecule has 0 aliphatic heterocycles. The van der Waals surface area contributed by atoms with Crippen molar-refractivity contribution in [3.05, 3.63) is 88.1 Å². The summed E-state index contributed by atoms with van der Waals surface area (Å²) in [7, 11) is 1.86. The summed E-state index contributed by atoms with van der Waals surface area (Å²) < 4.78 is 3.48. The van der Waals surface area contributed by atoms with Crippen molar-refractivity contribution in [1.82, 2.24) is 24.6 Å². The van der Waals surface area contributed by atoms with Crippen LogP contribution in [-0.4, -0.2) is 37.2 Å². The van der Waals surface area contributed by atoms with Crippen molar-refractivity contribution in [2.24, 2.45) is 13.0 Å². The van der Waals surface area contributed by atoms with Crippen LogP contribution in [0.5, 0.6) is 0 Å². The molecular weight excluding hydrogens is 540 g/mol. The minimum atomic E-state index is -0.864. The van der Waals surface area contributed by atoms with E-state index in [0.29, 0.717) is 28.5 Å². The highest BCUT2D eigenvalue weighted by Gasteiger charge is 2.23. The van der Waals surface area contributed by atoms with Crippen molar-refractivity contribution < 1.29 is 9.59 Å². The van der Waals surface area contributed by atoms with E-state index in [2.05, 4.69) is 20.8 Å². The Kier molecular flexibility index (Phi) is 9.39. The number of pyridine rings is 1. The number of anilines is 1. The van der Waals surface area contributed by atoms with E-state index >= 15 is 0 Å². The minimum absolute atomic E-state index is 0.00734. The van der Waals surface area contributed by atoms with Crippen LogP contribution in [0.2, 0.25) is 5.02 Å². The van der Waals surface area contributed by atoms with E-state index in [0.717, 1.165) is 16.7 Å². The first-order valence-corrected chi connectivity index (χ1v) is 13.9. The highest BCUT2D eigenvalue weighted by molar-refractivity contribution is 6.31. The summed E-state index contributed by atoms with van der Waals surface area (Å²) in [5, 5.41) is 14.3. The Morgan fingerprint density at radius 1 is 0.951 bits per heavy atom. The molecule has 0 radical (unpaired) electrons. The summed E-state index contributed by atoms with van der Waals surface area (Å²) in [6.07, 6.45) is 3.92. The SMILES string of the molecule is CC(C)CC(=O)NC(Cc1cc(-c2ccc(=O)n(C(C)C)c2)ccc1Cl)C(=O)Nc1ccc(-c2nncn2C)cc1. The molecule has 2 N–H and O–H groups in total. The second-order valence-corrected chi connectivity index (χ2v) is 11.2. The van der Waals surface area contributed by atoms with E-state index in [-0.39, 0.29) is 35.8 Å². The van der Waals surface area contributed by atoms with E-state index in [9.17, 15) is 14.4 Å². The largest absolute Gasteiger partial charge is 0.344 e. The number of amides is 2. The molecule has 1 atom stereocenters. The van der Waals surface area contributed by atoms with E-state index < -0.39 is 6.04 Å². The van der Waals surface area contributed by atoms with Crippen molar-refractivity contribution in [1.29, 1.82) is 0 Å². The third-order valence-corrected chi connectivity index (χ3v) is 7.03. The fraction of sp³-hybridized carbons (Fsp3) is 0.323. The lowest BCUT2D eigenvalue weighted by atomic mass is 9.99. The number of hydrogen-bond acceptors (Lipinski definition) is 5. The second-order valence-electron chi connectivity index (χ2n) is 10.8. The summed E-state index contributed by atoms with van der Waals surface area (Å²) in [6, 6.07) is 15.3. The zero-order valence-electron chi connectivity index (χ0n) is 23.9. The molecule has 0 aliphatic rings. The number of carbonyl (C=O) groups is 2. The van der Waals surface area contributed by atoms with Gasteiger partial charge < -0.3 is 19.8 Å². The molecular formula is C31H35ClN6O3. The van der Waals surface area contributed by atoms with Gasteiger partial charge in [0.1, 0.15) is 12.4 Å². The maximum atomic E-state index is 13.5. The van der Waals surface area contributed by atoms with Crippen LogP contribution in [0.25, 0.3) is 22.5 Å². The van der Waals surface area contributed by atoms with Crippen LogP contribution in [-0.2, 0) is 23.1 Å².